The SMILES string of the molecule is COc1ccc(NC(=O)C2CC2C(=O)NC2CCS(=O)(=O)C2)c(OC)c1. The summed E-state index contributed by atoms with van der Waals surface area (Å²) in [6, 6.07) is 4.69. The lowest BCUT2D eigenvalue weighted by Crippen LogP contribution is -2.37. The number of sulfone groups is 1. The van der Waals surface area contributed by atoms with Crippen LogP contribution in [-0.4, -0.2) is 52.0 Å². The van der Waals surface area contributed by atoms with Crippen LogP contribution in [0.5, 0.6) is 11.5 Å². The molecule has 1 aliphatic heterocycles. The van der Waals surface area contributed by atoms with Crippen molar-refractivity contribution < 1.29 is 27.5 Å². The van der Waals surface area contributed by atoms with Gasteiger partial charge in [0.05, 0.1) is 43.2 Å². The molecule has 3 unspecified atom stereocenters. The van der Waals surface area contributed by atoms with Crippen LogP contribution in [0.25, 0.3) is 0 Å². The largest absolute Gasteiger partial charge is 0.497 e. The summed E-state index contributed by atoms with van der Waals surface area (Å²) in [7, 11) is -0.0173. The molecule has 2 fully saturated rings. The Bertz CT molecular complexity index is 823. The Morgan fingerprint density at radius 3 is 2.46 bits per heavy atom. The van der Waals surface area contributed by atoms with Gasteiger partial charge in [-0.3, -0.25) is 9.59 Å². The molecule has 1 saturated carbocycles. The second kappa shape index (κ2) is 7.14. The smallest absolute Gasteiger partial charge is 0.228 e. The van der Waals surface area contributed by atoms with Crippen molar-refractivity contribution in [1.82, 2.24) is 5.32 Å². The Kier molecular flexibility index (Phi) is 5.08. The van der Waals surface area contributed by atoms with E-state index in [4.69, 9.17) is 9.47 Å². The van der Waals surface area contributed by atoms with Crippen molar-refractivity contribution in [3.8, 4) is 11.5 Å². The Hall–Kier alpha value is -2.29. The molecule has 1 heterocycles. The molecule has 8 nitrogen and oxygen atoms in total. The molecule has 26 heavy (non-hydrogen) atoms. The summed E-state index contributed by atoms with van der Waals surface area (Å²) in [5.41, 5.74) is 0.506. The first-order valence-electron chi connectivity index (χ1n) is 8.36. The average molecular weight is 382 g/mol. The van der Waals surface area contributed by atoms with Crippen LogP contribution in [-0.2, 0) is 19.4 Å². The maximum Gasteiger partial charge on any atom is 0.228 e. The van der Waals surface area contributed by atoms with Gasteiger partial charge in [-0.25, -0.2) is 8.42 Å². The van der Waals surface area contributed by atoms with Crippen LogP contribution in [0.4, 0.5) is 5.69 Å². The normalized spacial score (nSPS) is 26.0. The zero-order chi connectivity index (χ0) is 18.9. The molecular formula is C17H22N2O6S. The predicted octanol–water partition coefficient (Wildman–Crippen LogP) is 0.582. The van der Waals surface area contributed by atoms with Crippen LogP contribution in [0.1, 0.15) is 12.8 Å². The number of hydrogen-bond acceptors (Lipinski definition) is 6. The van der Waals surface area contributed by atoms with E-state index in [1.165, 1.54) is 14.2 Å². The molecule has 2 amide bonds. The van der Waals surface area contributed by atoms with Gasteiger partial charge in [-0.2, -0.15) is 0 Å². The number of benzene rings is 1. The summed E-state index contributed by atoms with van der Waals surface area (Å²) in [5.74, 6) is -0.190. The molecule has 1 aromatic rings. The molecule has 142 valence electrons. The van der Waals surface area contributed by atoms with Gasteiger partial charge in [-0.05, 0) is 25.0 Å². The second-order valence-corrected chi connectivity index (χ2v) is 8.84. The summed E-state index contributed by atoms with van der Waals surface area (Å²) in [4.78, 5) is 24.6. The molecule has 3 rings (SSSR count). The molecule has 2 aliphatic rings. The fraction of sp³-hybridized carbons (Fsp3) is 0.529. The highest BCUT2D eigenvalue weighted by Crippen LogP contribution is 2.40. The van der Waals surface area contributed by atoms with Gasteiger partial charge in [0.1, 0.15) is 11.5 Å². The number of hydrogen-bond donors (Lipinski definition) is 2. The lowest BCUT2D eigenvalue weighted by atomic mass is 10.2. The van der Waals surface area contributed by atoms with Crippen molar-refractivity contribution >= 4 is 27.3 Å². The van der Waals surface area contributed by atoms with Crippen molar-refractivity contribution in [2.75, 3.05) is 31.0 Å². The highest BCUT2D eigenvalue weighted by molar-refractivity contribution is 7.91. The molecule has 3 atom stereocenters. The topological polar surface area (TPSA) is 111 Å². The number of carbonyl (C=O) groups is 2. The van der Waals surface area contributed by atoms with Gasteiger partial charge in [-0.15, -0.1) is 0 Å². The van der Waals surface area contributed by atoms with Gasteiger partial charge in [0.15, 0.2) is 9.84 Å². The van der Waals surface area contributed by atoms with Gasteiger partial charge in [-0.1, -0.05) is 0 Å². The van der Waals surface area contributed by atoms with E-state index in [0.29, 0.717) is 30.0 Å². The van der Waals surface area contributed by atoms with Crippen LogP contribution >= 0.6 is 0 Å². The standard InChI is InChI=1S/C17H22N2O6S/c1-24-11-3-4-14(15(7-11)25-2)19-17(21)13-8-12(13)16(20)18-10-5-6-26(22,23)9-10/h3-4,7,10,12-13H,5-6,8-9H2,1-2H3,(H,18,20)(H,19,21). The third-order valence-corrected chi connectivity index (χ3v) is 6.48. The van der Waals surface area contributed by atoms with Crippen molar-refractivity contribution in [2.24, 2.45) is 11.8 Å². The van der Waals surface area contributed by atoms with E-state index in [2.05, 4.69) is 10.6 Å². The maximum atomic E-state index is 12.4. The van der Waals surface area contributed by atoms with Crippen molar-refractivity contribution in [1.29, 1.82) is 0 Å². The molecule has 1 aromatic carbocycles. The van der Waals surface area contributed by atoms with Gasteiger partial charge in [0.25, 0.3) is 0 Å². The zero-order valence-corrected chi connectivity index (χ0v) is 15.5. The van der Waals surface area contributed by atoms with Crippen LogP contribution in [0.3, 0.4) is 0 Å². The van der Waals surface area contributed by atoms with Crippen molar-refractivity contribution in [3.05, 3.63) is 18.2 Å². The molecule has 9 heteroatoms. The van der Waals surface area contributed by atoms with E-state index >= 15 is 0 Å². The minimum absolute atomic E-state index is 0.0225. The Balaban J connectivity index is 1.55. The van der Waals surface area contributed by atoms with Crippen LogP contribution in [0.15, 0.2) is 18.2 Å². The monoisotopic (exact) mass is 382 g/mol. The number of anilines is 1. The number of rotatable bonds is 6. The lowest BCUT2D eigenvalue weighted by molar-refractivity contribution is -0.125. The summed E-state index contributed by atoms with van der Waals surface area (Å²) < 4.78 is 33.3. The first-order valence-corrected chi connectivity index (χ1v) is 10.2. The Labute approximate surface area is 152 Å². The second-order valence-electron chi connectivity index (χ2n) is 6.61. The molecule has 1 aliphatic carbocycles. The highest BCUT2D eigenvalue weighted by Gasteiger charge is 2.49. The van der Waals surface area contributed by atoms with E-state index in [1.54, 1.807) is 18.2 Å². The van der Waals surface area contributed by atoms with E-state index in [9.17, 15) is 18.0 Å². The molecule has 0 spiro atoms. The number of carbonyl (C=O) groups excluding carboxylic acids is 2. The molecule has 2 N–H and O–H groups in total. The Morgan fingerprint density at radius 2 is 1.85 bits per heavy atom. The van der Waals surface area contributed by atoms with Gasteiger partial charge in [0.2, 0.25) is 11.8 Å². The summed E-state index contributed by atoms with van der Waals surface area (Å²) >= 11 is 0. The Morgan fingerprint density at radius 1 is 1.12 bits per heavy atom. The molecular weight excluding hydrogens is 360 g/mol. The predicted molar refractivity (Wildman–Crippen MR) is 95.0 cm³/mol. The average Bonchev–Trinajstić information content (AvgIpc) is 3.34. The van der Waals surface area contributed by atoms with Crippen LogP contribution < -0.4 is 20.1 Å². The van der Waals surface area contributed by atoms with Gasteiger partial charge in [0, 0.05) is 12.1 Å². The summed E-state index contributed by atoms with van der Waals surface area (Å²) in [6.45, 7) is 0. The maximum absolute atomic E-state index is 12.4. The number of methoxy groups -OCH3 is 2. The summed E-state index contributed by atoms with van der Waals surface area (Å²) in [6.07, 6.45) is 0.885. The minimum Gasteiger partial charge on any atom is -0.497 e. The van der Waals surface area contributed by atoms with Gasteiger partial charge >= 0.3 is 0 Å². The third kappa shape index (κ3) is 4.09. The quantitative estimate of drug-likeness (QED) is 0.745. The number of amides is 2. The molecule has 0 aromatic heterocycles. The van der Waals surface area contributed by atoms with E-state index in [0.717, 1.165) is 0 Å². The number of ether oxygens (including phenoxy) is 2. The fourth-order valence-corrected chi connectivity index (χ4v) is 4.79. The molecule has 1 saturated heterocycles. The van der Waals surface area contributed by atoms with E-state index < -0.39 is 21.7 Å². The highest BCUT2D eigenvalue weighted by atomic mass is 32.2. The first-order chi connectivity index (χ1) is 12.3. The van der Waals surface area contributed by atoms with E-state index in [1.807, 2.05) is 0 Å². The lowest BCUT2D eigenvalue weighted by Gasteiger charge is -2.12. The minimum atomic E-state index is -3.05. The molecule has 0 radical (unpaired) electrons. The van der Waals surface area contributed by atoms with Crippen LogP contribution in [0, 0.1) is 11.8 Å². The van der Waals surface area contributed by atoms with Crippen molar-refractivity contribution in [2.45, 2.75) is 18.9 Å². The van der Waals surface area contributed by atoms with E-state index in [-0.39, 0.29) is 29.4 Å². The third-order valence-electron chi connectivity index (χ3n) is 4.71. The number of nitrogens with one attached hydrogen (secondary N) is 2. The molecule has 0 bridgehead atoms. The zero-order valence-electron chi connectivity index (χ0n) is 14.7. The van der Waals surface area contributed by atoms with Crippen molar-refractivity contribution in [3.63, 3.8) is 0 Å². The van der Waals surface area contributed by atoms with Crippen LogP contribution in [0.2, 0.25) is 0 Å². The fourth-order valence-electron chi connectivity index (χ4n) is 3.12. The van der Waals surface area contributed by atoms with Gasteiger partial charge < -0.3 is 20.1 Å². The summed E-state index contributed by atoms with van der Waals surface area (Å²) in [5, 5.41) is 5.51. The first kappa shape index (κ1) is 18.5.